The lowest BCUT2D eigenvalue weighted by Gasteiger charge is -2.17. The average molecular weight is 297 g/mol. The molecule has 0 saturated heterocycles. The maximum Gasteiger partial charge on any atom is 0.224 e. The monoisotopic (exact) mass is 297 g/mol. The number of hydrogen-bond donors (Lipinski definition) is 2. The largest absolute Gasteiger partial charge is 0.367 e. The van der Waals surface area contributed by atoms with E-state index in [0.717, 1.165) is 11.4 Å². The summed E-state index contributed by atoms with van der Waals surface area (Å²) in [4.78, 5) is 12.9. The van der Waals surface area contributed by atoms with E-state index in [0.29, 0.717) is 18.5 Å². The minimum Gasteiger partial charge on any atom is -0.367 e. The first-order chi connectivity index (χ1) is 10.9. The zero-order chi connectivity index (χ0) is 15.0. The molecule has 0 atom stereocenters. The van der Waals surface area contributed by atoms with Crippen molar-refractivity contribution in [2.75, 3.05) is 10.6 Å². The summed E-state index contributed by atoms with van der Waals surface area (Å²) >= 11 is 0. The van der Waals surface area contributed by atoms with Crippen molar-refractivity contribution in [1.29, 1.82) is 0 Å². The highest BCUT2D eigenvalue weighted by Gasteiger charge is 2.12. The highest BCUT2D eigenvalue weighted by Crippen LogP contribution is 2.20. The van der Waals surface area contributed by atoms with Crippen molar-refractivity contribution < 1.29 is 0 Å². The van der Waals surface area contributed by atoms with Crippen molar-refractivity contribution in [1.82, 2.24) is 15.0 Å². The van der Waals surface area contributed by atoms with Crippen LogP contribution < -0.4 is 10.6 Å². The van der Waals surface area contributed by atoms with Crippen molar-refractivity contribution in [3.63, 3.8) is 0 Å². The van der Waals surface area contributed by atoms with Gasteiger partial charge in [-0.1, -0.05) is 31.7 Å². The molecule has 0 spiro atoms. The van der Waals surface area contributed by atoms with Crippen LogP contribution >= 0.6 is 0 Å². The van der Waals surface area contributed by atoms with Crippen LogP contribution in [0.25, 0.3) is 0 Å². The van der Waals surface area contributed by atoms with Crippen molar-refractivity contribution in [3.05, 3.63) is 42.4 Å². The molecule has 2 heterocycles. The van der Waals surface area contributed by atoms with Gasteiger partial charge in [0.1, 0.15) is 5.82 Å². The number of anilines is 2. The molecule has 0 aromatic carbocycles. The Balaban J connectivity index is 1.57. The van der Waals surface area contributed by atoms with E-state index in [1.54, 1.807) is 12.4 Å². The SMILES string of the molecule is c1cncc(CNc2nccc(NC3CCCCCC3)n2)c1. The van der Waals surface area contributed by atoms with Gasteiger partial charge in [-0.3, -0.25) is 4.98 Å². The average Bonchev–Trinajstić information content (AvgIpc) is 2.83. The topological polar surface area (TPSA) is 62.7 Å². The highest BCUT2D eigenvalue weighted by molar-refractivity contribution is 5.40. The standard InChI is InChI=1S/C17H23N5/c1-2-4-8-15(7-3-1)21-16-9-11-19-17(22-16)20-13-14-6-5-10-18-12-14/h5-6,9-12,15H,1-4,7-8,13H2,(H2,19,20,21,22). The van der Waals surface area contributed by atoms with Gasteiger partial charge >= 0.3 is 0 Å². The van der Waals surface area contributed by atoms with E-state index in [1.807, 2.05) is 24.4 Å². The van der Waals surface area contributed by atoms with Gasteiger partial charge in [0.05, 0.1) is 0 Å². The molecule has 0 aliphatic heterocycles. The lowest BCUT2D eigenvalue weighted by atomic mass is 10.1. The van der Waals surface area contributed by atoms with Gasteiger partial charge in [0.15, 0.2) is 0 Å². The summed E-state index contributed by atoms with van der Waals surface area (Å²) in [5.41, 5.74) is 1.12. The van der Waals surface area contributed by atoms with Crippen LogP contribution in [0.3, 0.4) is 0 Å². The first-order valence-electron chi connectivity index (χ1n) is 8.12. The summed E-state index contributed by atoms with van der Waals surface area (Å²) in [5.74, 6) is 1.57. The Labute approximate surface area is 131 Å². The van der Waals surface area contributed by atoms with Gasteiger partial charge in [0.25, 0.3) is 0 Å². The van der Waals surface area contributed by atoms with Crippen LogP contribution in [-0.2, 0) is 6.54 Å². The fraction of sp³-hybridized carbons (Fsp3) is 0.471. The molecular formula is C17H23N5. The molecule has 2 aromatic heterocycles. The maximum atomic E-state index is 4.56. The molecular weight excluding hydrogens is 274 g/mol. The fourth-order valence-electron chi connectivity index (χ4n) is 2.84. The lowest BCUT2D eigenvalue weighted by molar-refractivity contribution is 0.617. The summed E-state index contributed by atoms with van der Waals surface area (Å²) in [6, 6.07) is 6.46. The smallest absolute Gasteiger partial charge is 0.224 e. The first kappa shape index (κ1) is 14.8. The Hall–Kier alpha value is -2.17. The van der Waals surface area contributed by atoms with Crippen molar-refractivity contribution in [2.45, 2.75) is 51.1 Å². The van der Waals surface area contributed by atoms with E-state index in [4.69, 9.17) is 0 Å². The number of aromatic nitrogens is 3. The molecule has 1 fully saturated rings. The van der Waals surface area contributed by atoms with Crippen LogP contribution in [0.2, 0.25) is 0 Å². The van der Waals surface area contributed by atoms with Gasteiger partial charge < -0.3 is 10.6 Å². The maximum absolute atomic E-state index is 4.56. The first-order valence-corrected chi connectivity index (χ1v) is 8.12. The Morgan fingerprint density at radius 1 is 1.05 bits per heavy atom. The van der Waals surface area contributed by atoms with E-state index in [-0.39, 0.29) is 0 Å². The van der Waals surface area contributed by atoms with Crippen LogP contribution in [-0.4, -0.2) is 21.0 Å². The van der Waals surface area contributed by atoms with E-state index in [2.05, 4.69) is 25.6 Å². The quantitative estimate of drug-likeness (QED) is 0.825. The fourth-order valence-corrected chi connectivity index (χ4v) is 2.84. The zero-order valence-electron chi connectivity index (χ0n) is 12.8. The summed E-state index contributed by atoms with van der Waals surface area (Å²) in [5, 5.41) is 6.80. The molecule has 1 saturated carbocycles. The third-order valence-electron chi connectivity index (χ3n) is 4.04. The van der Waals surface area contributed by atoms with Gasteiger partial charge in [-0.15, -0.1) is 0 Å². The molecule has 0 radical (unpaired) electrons. The zero-order valence-corrected chi connectivity index (χ0v) is 12.8. The molecule has 0 unspecified atom stereocenters. The molecule has 1 aliphatic carbocycles. The normalized spacial score (nSPS) is 16.0. The van der Waals surface area contributed by atoms with Crippen LogP contribution in [0.5, 0.6) is 0 Å². The molecule has 0 amide bonds. The van der Waals surface area contributed by atoms with Gasteiger partial charge in [0, 0.05) is 31.2 Å². The minimum absolute atomic E-state index is 0.545. The minimum atomic E-state index is 0.545. The Kier molecular flexibility index (Phi) is 5.18. The summed E-state index contributed by atoms with van der Waals surface area (Å²) in [6.07, 6.45) is 13.3. The van der Waals surface area contributed by atoms with Crippen molar-refractivity contribution >= 4 is 11.8 Å². The summed E-state index contributed by atoms with van der Waals surface area (Å²) in [6.45, 7) is 0.681. The number of rotatable bonds is 5. The van der Waals surface area contributed by atoms with Crippen LogP contribution in [0.15, 0.2) is 36.8 Å². The molecule has 5 nitrogen and oxygen atoms in total. The molecule has 116 valence electrons. The van der Waals surface area contributed by atoms with E-state index < -0.39 is 0 Å². The molecule has 5 heteroatoms. The third-order valence-corrected chi connectivity index (χ3v) is 4.04. The highest BCUT2D eigenvalue weighted by atomic mass is 15.1. The Morgan fingerprint density at radius 3 is 2.68 bits per heavy atom. The van der Waals surface area contributed by atoms with E-state index in [9.17, 15) is 0 Å². The number of nitrogens with zero attached hydrogens (tertiary/aromatic N) is 3. The van der Waals surface area contributed by atoms with Crippen molar-refractivity contribution in [3.8, 4) is 0 Å². The van der Waals surface area contributed by atoms with Gasteiger partial charge in [-0.25, -0.2) is 4.98 Å². The third kappa shape index (κ3) is 4.41. The Morgan fingerprint density at radius 2 is 1.91 bits per heavy atom. The summed E-state index contributed by atoms with van der Waals surface area (Å²) < 4.78 is 0. The predicted molar refractivity (Wildman–Crippen MR) is 88.7 cm³/mol. The summed E-state index contributed by atoms with van der Waals surface area (Å²) in [7, 11) is 0. The van der Waals surface area contributed by atoms with Crippen LogP contribution in [0.1, 0.15) is 44.1 Å². The van der Waals surface area contributed by atoms with E-state index >= 15 is 0 Å². The van der Waals surface area contributed by atoms with Gasteiger partial charge in [-0.2, -0.15) is 4.98 Å². The second-order valence-electron chi connectivity index (χ2n) is 5.81. The van der Waals surface area contributed by atoms with Crippen LogP contribution in [0, 0.1) is 0 Å². The second kappa shape index (κ2) is 7.73. The lowest BCUT2D eigenvalue weighted by Crippen LogP contribution is -2.19. The molecule has 22 heavy (non-hydrogen) atoms. The molecule has 0 bridgehead atoms. The molecule has 3 rings (SSSR count). The number of nitrogens with one attached hydrogen (secondary N) is 2. The van der Waals surface area contributed by atoms with Gasteiger partial charge in [0.2, 0.25) is 5.95 Å². The molecule has 2 aromatic rings. The molecule has 2 N–H and O–H groups in total. The Bertz CT molecular complexity index is 564. The second-order valence-corrected chi connectivity index (χ2v) is 5.81. The predicted octanol–water partition coefficient (Wildman–Crippen LogP) is 3.62. The van der Waals surface area contributed by atoms with Gasteiger partial charge in [-0.05, 0) is 30.5 Å². The molecule has 1 aliphatic rings. The number of hydrogen-bond acceptors (Lipinski definition) is 5. The van der Waals surface area contributed by atoms with E-state index in [1.165, 1.54) is 38.5 Å². The van der Waals surface area contributed by atoms with Crippen molar-refractivity contribution in [2.24, 2.45) is 0 Å². The number of pyridine rings is 1. The van der Waals surface area contributed by atoms with Crippen LogP contribution in [0.4, 0.5) is 11.8 Å².